The van der Waals surface area contributed by atoms with Crippen LogP contribution in [0.15, 0.2) is 51.7 Å². The van der Waals surface area contributed by atoms with E-state index in [-0.39, 0.29) is 5.56 Å². The fourth-order valence-corrected chi connectivity index (χ4v) is 2.90. The topological polar surface area (TPSA) is 60.9 Å². The van der Waals surface area contributed by atoms with E-state index in [0.717, 1.165) is 0 Å². The van der Waals surface area contributed by atoms with Crippen LogP contribution in [0.4, 0.5) is 4.39 Å². The highest BCUT2D eigenvalue weighted by atomic mass is 79.9. The van der Waals surface area contributed by atoms with Crippen LogP contribution in [-0.2, 0) is 0 Å². The van der Waals surface area contributed by atoms with Crippen LogP contribution in [0.2, 0.25) is 0 Å². The molecule has 0 aliphatic heterocycles. The Morgan fingerprint density at radius 2 is 2.00 bits per heavy atom. The molecule has 2 aromatic carbocycles. The van der Waals surface area contributed by atoms with Crippen LogP contribution in [0.1, 0.15) is 18.8 Å². The number of nitrogens with zero attached hydrogens (tertiary/aromatic N) is 2. The third kappa shape index (κ3) is 2.44. The van der Waals surface area contributed by atoms with Gasteiger partial charge in [0.25, 0.3) is 5.56 Å². The van der Waals surface area contributed by atoms with Gasteiger partial charge in [0.05, 0.1) is 22.6 Å². The van der Waals surface area contributed by atoms with Gasteiger partial charge in [-0.2, -0.15) is 0 Å². The molecule has 3 rings (SSSR count). The fraction of sp³-hybridized carbons (Fsp3) is 0.125. The van der Waals surface area contributed by atoms with Gasteiger partial charge in [0.1, 0.15) is 11.6 Å². The first-order valence-corrected chi connectivity index (χ1v) is 7.51. The molecule has 1 heterocycles. The average Bonchev–Trinajstić information content (AvgIpc) is 2.46. The van der Waals surface area contributed by atoms with Gasteiger partial charge in [0.2, 0.25) is 0 Å². The first kappa shape index (κ1) is 14.9. The molecular weight excluding hydrogens is 349 g/mol. The SMILES string of the molecule is CC(N)c1nc2cccc(Br)c2c(=O)n1-c1cccc(F)c1. The lowest BCUT2D eigenvalue weighted by molar-refractivity contribution is 0.624. The second-order valence-electron chi connectivity index (χ2n) is 5.01. The number of hydrogen-bond acceptors (Lipinski definition) is 3. The fourth-order valence-electron chi connectivity index (χ4n) is 2.38. The summed E-state index contributed by atoms with van der Waals surface area (Å²) in [5.74, 6) is -0.0338. The number of rotatable bonds is 2. The molecule has 4 nitrogen and oxygen atoms in total. The minimum Gasteiger partial charge on any atom is -0.322 e. The Balaban J connectivity index is 2.46. The monoisotopic (exact) mass is 361 g/mol. The molecule has 0 bridgehead atoms. The molecule has 0 radical (unpaired) electrons. The summed E-state index contributed by atoms with van der Waals surface area (Å²) >= 11 is 3.37. The highest BCUT2D eigenvalue weighted by molar-refractivity contribution is 9.10. The molecule has 0 fully saturated rings. The molecule has 0 saturated carbocycles. The summed E-state index contributed by atoms with van der Waals surface area (Å²) in [7, 11) is 0. The number of hydrogen-bond donors (Lipinski definition) is 1. The summed E-state index contributed by atoms with van der Waals surface area (Å²) in [6.07, 6.45) is 0. The molecule has 112 valence electrons. The molecular formula is C16H13BrFN3O. The van der Waals surface area contributed by atoms with Crippen molar-refractivity contribution in [3.8, 4) is 5.69 Å². The minimum atomic E-state index is -0.473. The second-order valence-corrected chi connectivity index (χ2v) is 5.87. The predicted molar refractivity (Wildman–Crippen MR) is 87.6 cm³/mol. The van der Waals surface area contributed by atoms with E-state index in [1.54, 1.807) is 37.3 Å². The van der Waals surface area contributed by atoms with Crippen LogP contribution < -0.4 is 11.3 Å². The Labute approximate surface area is 134 Å². The van der Waals surface area contributed by atoms with Crippen molar-refractivity contribution in [2.24, 2.45) is 5.73 Å². The number of halogens is 2. The maximum atomic E-state index is 13.5. The first-order valence-electron chi connectivity index (χ1n) is 6.71. The molecule has 3 aromatic rings. The van der Waals surface area contributed by atoms with E-state index in [1.807, 2.05) is 0 Å². The molecule has 0 amide bonds. The highest BCUT2D eigenvalue weighted by Gasteiger charge is 2.17. The van der Waals surface area contributed by atoms with Crippen LogP contribution in [0.25, 0.3) is 16.6 Å². The number of fused-ring (bicyclic) bond motifs is 1. The van der Waals surface area contributed by atoms with Gasteiger partial charge in [-0.3, -0.25) is 9.36 Å². The lowest BCUT2D eigenvalue weighted by Crippen LogP contribution is -2.27. The first-order chi connectivity index (χ1) is 10.5. The number of benzene rings is 2. The van der Waals surface area contributed by atoms with Crippen LogP contribution in [0.3, 0.4) is 0 Å². The number of aromatic nitrogens is 2. The summed E-state index contributed by atoms with van der Waals surface area (Å²) < 4.78 is 15.5. The largest absolute Gasteiger partial charge is 0.322 e. The van der Waals surface area contributed by atoms with E-state index >= 15 is 0 Å². The van der Waals surface area contributed by atoms with Gasteiger partial charge in [0.15, 0.2) is 0 Å². The molecule has 1 aromatic heterocycles. The maximum absolute atomic E-state index is 13.5. The summed E-state index contributed by atoms with van der Waals surface area (Å²) in [6, 6.07) is 10.7. The average molecular weight is 362 g/mol. The third-order valence-corrected chi connectivity index (χ3v) is 4.01. The Hall–Kier alpha value is -2.05. The summed E-state index contributed by atoms with van der Waals surface area (Å²) in [4.78, 5) is 17.4. The zero-order chi connectivity index (χ0) is 15.9. The van der Waals surface area contributed by atoms with Crippen molar-refractivity contribution >= 4 is 26.8 Å². The molecule has 6 heteroatoms. The van der Waals surface area contributed by atoms with Gasteiger partial charge < -0.3 is 5.73 Å². The van der Waals surface area contributed by atoms with E-state index in [0.29, 0.717) is 26.9 Å². The normalized spacial score (nSPS) is 12.5. The van der Waals surface area contributed by atoms with Gasteiger partial charge in [-0.15, -0.1) is 0 Å². The summed E-state index contributed by atoms with van der Waals surface area (Å²) in [5.41, 5.74) is 6.64. The zero-order valence-electron chi connectivity index (χ0n) is 11.8. The van der Waals surface area contributed by atoms with Crippen molar-refractivity contribution < 1.29 is 4.39 Å². The molecule has 0 saturated heterocycles. The van der Waals surface area contributed by atoms with Gasteiger partial charge >= 0.3 is 0 Å². The third-order valence-electron chi connectivity index (χ3n) is 3.35. The zero-order valence-corrected chi connectivity index (χ0v) is 13.3. The Morgan fingerprint density at radius 1 is 1.27 bits per heavy atom. The quantitative estimate of drug-likeness (QED) is 0.761. The molecule has 0 aliphatic rings. The lowest BCUT2D eigenvalue weighted by Gasteiger charge is -2.16. The van der Waals surface area contributed by atoms with Gasteiger partial charge in [-0.25, -0.2) is 9.37 Å². The predicted octanol–water partition coefficient (Wildman–Crippen LogP) is 3.31. The Bertz CT molecular complexity index is 921. The molecule has 0 aliphatic carbocycles. The highest BCUT2D eigenvalue weighted by Crippen LogP contribution is 2.22. The van der Waals surface area contributed by atoms with Crippen molar-refractivity contribution in [2.75, 3.05) is 0 Å². The van der Waals surface area contributed by atoms with Gasteiger partial charge in [-0.05, 0) is 53.2 Å². The van der Waals surface area contributed by atoms with Gasteiger partial charge in [-0.1, -0.05) is 12.1 Å². The van der Waals surface area contributed by atoms with Crippen LogP contribution in [0.5, 0.6) is 0 Å². The van der Waals surface area contributed by atoms with Crippen LogP contribution >= 0.6 is 15.9 Å². The molecule has 22 heavy (non-hydrogen) atoms. The van der Waals surface area contributed by atoms with E-state index in [9.17, 15) is 9.18 Å². The second kappa shape index (κ2) is 5.62. The smallest absolute Gasteiger partial charge is 0.267 e. The van der Waals surface area contributed by atoms with Crippen molar-refractivity contribution in [1.82, 2.24) is 9.55 Å². The van der Waals surface area contributed by atoms with Crippen molar-refractivity contribution in [2.45, 2.75) is 13.0 Å². The lowest BCUT2D eigenvalue weighted by atomic mass is 10.2. The van der Waals surface area contributed by atoms with E-state index < -0.39 is 11.9 Å². The molecule has 1 unspecified atom stereocenters. The van der Waals surface area contributed by atoms with E-state index in [2.05, 4.69) is 20.9 Å². The Morgan fingerprint density at radius 3 is 2.68 bits per heavy atom. The molecule has 0 spiro atoms. The van der Waals surface area contributed by atoms with Crippen LogP contribution in [0, 0.1) is 5.82 Å². The maximum Gasteiger partial charge on any atom is 0.267 e. The van der Waals surface area contributed by atoms with Crippen LogP contribution in [-0.4, -0.2) is 9.55 Å². The molecule has 2 N–H and O–H groups in total. The van der Waals surface area contributed by atoms with Crippen molar-refractivity contribution in [1.29, 1.82) is 0 Å². The summed E-state index contributed by atoms with van der Waals surface area (Å²) in [6.45, 7) is 1.74. The minimum absolute atomic E-state index is 0.282. The van der Waals surface area contributed by atoms with Crippen molar-refractivity contribution in [3.63, 3.8) is 0 Å². The number of nitrogens with two attached hydrogens (primary N) is 1. The van der Waals surface area contributed by atoms with Crippen molar-refractivity contribution in [3.05, 3.63) is 68.9 Å². The van der Waals surface area contributed by atoms with Gasteiger partial charge in [0, 0.05) is 4.47 Å². The summed E-state index contributed by atoms with van der Waals surface area (Å²) in [5, 5.41) is 0.441. The van der Waals surface area contributed by atoms with E-state index in [1.165, 1.54) is 16.7 Å². The molecule has 1 atom stereocenters. The Kier molecular flexibility index (Phi) is 3.80. The standard InChI is InChI=1S/C16H13BrFN3O/c1-9(19)15-20-13-7-3-6-12(17)14(13)16(22)21(15)11-5-2-4-10(18)8-11/h2-9H,19H2,1H3. The van der Waals surface area contributed by atoms with E-state index in [4.69, 9.17) is 5.73 Å².